The van der Waals surface area contributed by atoms with Gasteiger partial charge in [0.25, 0.3) is 0 Å². The molecule has 0 spiro atoms. The van der Waals surface area contributed by atoms with Crippen molar-refractivity contribution in [2.24, 2.45) is 5.73 Å². The zero-order chi connectivity index (χ0) is 14.5. The molecule has 1 amide bonds. The summed E-state index contributed by atoms with van der Waals surface area (Å²) in [6.07, 6.45) is 0. The van der Waals surface area contributed by atoms with Crippen molar-refractivity contribution in [2.45, 2.75) is 6.04 Å². The standard InChI is InChI=1S/C15H15ClN2O2/c1-20-13-5-3-2-4-12(13)14(15(17)19)18-11-8-6-10(16)7-9-11/h2-9,14,18H,1H3,(H2,17,19). The molecule has 2 aromatic rings. The van der Waals surface area contributed by atoms with Crippen LogP contribution in [0.15, 0.2) is 48.5 Å². The number of anilines is 1. The van der Waals surface area contributed by atoms with Crippen LogP contribution in [0.1, 0.15) is 11.6 Å². The number of primary amides is 1. The lowest BCUT2D eigenvalue weighted by Crippen LogP contribution is -2.28. The van der Waals surface area contributed by atoms with Gasteiger partial charge in [-0.3, -0.25) is 4.79 Å². The lowest BCUT2D eigenvalue weighted by atomic mass is 10.0. The Kier molecular flexibility index (Phi) is 4.48. The maximum absolute atomic E-state index is 11.7. The molecule has 4 nitrogen and oxygen atoms in total. The lowest BCUT2D eigenvalue weighted by Gasteiger charge is -2.19. The number of amides is 1. The van der Waals surface area contributed by atoms with Crippen LogP contribution < -0.4 is 15.8 Å². The zero-order valence-corrected chi connectivity index (χ0v) is 11.7. The summed E-state index contributed by atoms with van der Waals surface area (Å²) in [5, 5.41) is 3.71. The Morgan fingerprint density at radius 3 is 2.45 bits per heavy atom. The number of benzene rings is 2. The van der Waals surface area contributed by atoms with E-state index in [1.165, 1.54) is 0 Å². The van der Waals surface area contributed by atoms with Gasteiger partial charge in [-0.05, 0) is 30.3 Å². The molecule has 2 rings (SSSR count). The van der Waals surface area contributed by atoms with Gasteiger partial charge in [-0.15, -0.1) is 0 Å². The van der Waals surface area contributed by atoms with E-state index < -0.39 is 11.9 Å². The molecule has 0 heterocycles. The highest BCUT2D eigenvalue weighted by atomic mass is 35.5. The summed E-state index contributed by atoms with van der Waals surface area (Å²) >= 11 is 5.84. The van der Waals surface area contributed by atoms with Crippen molar-refractivity contribution in [2.75, 3.05) is 12.4 Å². The van der Waals surface area contributed by atoms with Crippen LogP contribution in [0.3, 0.4) is 0 Å². The molecular weight excluding hydrogens is 276 g/mol. The molecule has 0 aliphatic rings. The summed E-state index contributed by atoms with van der Waals surface area (Å²) in [7, 11) is 1.55. The van der Waals surface area contributed by atoms with Crippen LogP contribution in [-0.2, 0) is 4.79 Å². The summed E-state index contributed by atoms with van der Waals surface area (Å²) in [6.45, 7) is 0. The van der Waals surface area contributed by atoms with E-state index in [9.17, 15) is 4.79 Å². The monoisotopic (exact) mass is 290 g/mol. The van der Waals surface area contributed by atoms with Crippen LogP contribution in [0, 0.1) is 0 Å². The van der Waals surface area contributed by atoms with Crippen LogP contribution in [0.2, 0.25) is 5.02 Å². The van der Waals surface area contributed by atoms with E-state index in [4.69, 9.17) is 22.1 Å². The molecule has 5 heteroatoms. The minimum absolute atomic E-state index is 0.482. The Hall–Kier alpha value is -2.20. The third kappa shape index (κ3) is 3.22. The molecule has 104 valence electrons. The van der Waals surface area contributed by atoms with Gasteiger partial charge in [-0.25, -0.2) is 0 Å². The normalized spacial score (nSPS) is 11.7. The molecular formula is C15H15ClN2O2. The first kappa shape index (κ1) is 14.2. The molecule has 2 aromatic carbocycles. The fourth-order valence-electron chi connectivity index (χ4n) is 1.92. The van der Waals surface area contributed by atoms with Crippen molar-refractivity contribution >= 4 is 23.2 Å². The quantitative estimate of drug-likeness (QED) is 0.890. The predicted octanol–water partition coefficient (Wildman–Crippen LogP) is 2.99. The van der Waals surface area contributed by atoms with E-state index in [0.717, 1.165) is 5.69 Å². The Bertz CT molecular complexity index is 599. The largest absolute Gasteiger partial charge is 0.496 e. The highest BCUT2D eigenvalue weighted by Crippen LogP contribution is 2.28. The van der Waals surface area contributed by atoms with Crippen molar-refractivity contribution in [3.8, 4) is 5.75 Å². The molecule has 0 bridgehead atoms. The first-order valence-corrected chi connectivity index (χ1v) is 6.44. The SMILES string of the molecule is COc1ccccc1C(Nc1ccc(Cl)cc1)C(N)=O. The maximum atomic E-state index is 11.7. The molecule has 0 saturated carbocycles. The maximum Gasteiger partial charge on any atom is 0.244 e. The smallest absolute Gasteiger partial charge is 0.244 e. The van der Waals surface area contributed by atoms with Gasteiger partial charge in [-0.1, -0.05) is 29.8 Å². The van der Waals surface area contributed by atoms with Gasteiger partial charge >= 0.3 is 0 Å². The van der Waals surface area contributed by atoms with Crippen molar-refractivity contribution < 1.29 is 9.53 Å². The molecule has 0 aliphatic heterocycles. The molecule has 0 aromatic heterocycles. The van der Waals surface area contributed by atoms with Crippen LogP contribution in [0.25, 0.3) is 0 Å². The van der Waals surface area contributed by atoms with Crippen molar-refractivity contribution in [3.63, 3.8) is 0 Å². The lowest BCUT2D eigenvalue weighted by molar-refractivity contribution is -0.118. The van der Waals surface area contributed by atoms with Crippen LogP contribution in [0.5, 0.6) is 5.75 Å². The third-order valence-corrected chi connectivity index (χ3v) is 3.14. The average molecular weight is 291 g/mol. The van der Waals surface area contributed by atoms with Crippen LogP contribution in [0.4, 0.5) is 5.69 Å². The Labute approximate surface area is 122 Å². The predicted molar refractivity (Wildman–Crippen MR) is 80.0 cm³/mol. The van der Waals surface area contributed by atoms with Crippen molar-refractivity contribution in [1.29, 1.82) is 0 Å². The molecule has 20 heavy (non-hydrogen) atoms. The highest BCUT2D eigenvalue weighted by molar-refractivity contribution is 6.30. The number of methoxy groups -OCH3 is 1. The number of halogens is 1. The van der Waals surface area contributed by atoms with Gasteiger partial charge in [0.2, 0.25) is 5.91 Å². The molecule has 1 unspecified atom stereocenters. The zero-order valence-electron chi connectivity index (χ0n) is 11.0. The number of carbonyl (C=O) groups is 1. The summed E-state index contributed by atoms with van der Waals surface area (Å²) < 4.78 is 5.26. The first-order chi connectivity index (χ1) is 9.61. The van der Waals surface area contributed by atoms with Crippen molar-refractivity contribution in [1.82, 2.24) is 0 Å². The number of hydrogen-bond acceptors (Lipinski definition) is 3. The summed E-state index contributed by atoms with van der Waals surface area (Å²) in [6, 6.07) is 13.6. The van der Waals surface area contributed by atoms with Crippen LogP contribution >= 0.6 is 11.6 Å². The fourth-order valence-corrected chi connectivity index (χ4v) is 2.05. The fraction of sp³-hybridized carbons (Fsp3) is 0.133. The molecule has 0 fully saturated rings. The minimum atomic E-state index is -0.674. The second-order valence-corrected chi connectivity index (χ2v) is 4.66. The molecule has 0 saturated heterocycles. The van der Waals surface area contributed by atoms with Gasteiger partial charge in [0.05, 0.1) is 7.11 Å². The highest BCUT2D eigenvalue weighted by Gasteiger charge is 2.21. The minimum Gasteiger partial charge on any atom is -0.496 e. The van der Waals surface area contributed by atoms with E-state index >= 15 is 0 Å². The van der Waals surface area contributed by atoms with Gasteiger partial charge < -0.3 is 15.8 Å². The van der Waals surface area contributed by atoms with E-state index in [-0.39, 0.29) is 0 Å². The van der Waals surface area contributed by atoms with Gasteiger partial charge in [0.1, 0.15) is 11.8 Å². The molecule has 0 aliphatic carbocycles. The summed E-state index contributed by atoms with van der Waals surface area (Å²) in [5.74, 6) is 0.127. The summed E-state index contributed by atoms with van der Waals surface area (Å²) in [4.78, 5) is 11.7. The molecule has 3 N–H and O–H groups in total. The number of ether oxygens (including phenoxy) is 1. The third-order valence-electron chi connectivity index (χ3n) is 2.89. The van der Waals surface area contributed by atoms with E-state index in [2.05, 4.69) is 5.32 Å². The van der Waals surface area contributed by atoms with E-state index in [1.54, 1.807) is 43.5 Å². The van der Waals surface area contributed by atoms with Gasteiger partial charge in [0, 0.05) is 16.3 Å². The Morgan fingerprint density at radius 1 is 1.20 bits per heavy atom. The Balaban J connectivity index is 2.32. The van der Waals surface area contributed by atoms with Gasteiger partial charge in [-0.2, -0.15) is 0 Å². The average Bonchev–Trinajstić information content (AvgIpc) is 2.46. The number of carbonyl (C=O) groups excluding carboxylic acids is 1. The number of rotatable bonds is 5. The number of para-hydroxylation sites is 1. The van der Waals surface area contributed by atoms with E-state index in [1.807, 2.05) is 12.1 Å². The topological polar surface area (TPSA) is 64.3 Å². The molecule has 1 atom stereocenters. The molecule has 0 radical (unpaired) electrons. The van der Waals surface area contributed by atoms with E-state index in [0.29, 0.717) is 16.3 Å². The second-order valence-electron chi connectivity index (χ2n) is 4.23. The van der Waals surface area contributed by atoms with Crippen molar-refractivity contribution in [3.05, 3.63) is 59.1 Å². The van der Waals surface area contributed by atoms with Gasteiger partial charge in [0.15, 0.2) is 0 Å². The Morgan fingerprint density at radius 2 is 1.85 bits per heavy atom. The summed E-state index contributed by atoms with van der Waals surface area (Å²) in [5.41, 5.74) is 6.93. The second kappa shape index (κ2) is 6.30. The number of nitrogens with two attached hydrogens (primary N) is 1. The number of nitrogens with one attached hydrogen (secondary N) is 1. The first-order valence-electron chi connectivity index (χ1n) is 6.06. The number of hydrogen-bond donors (Lipinski definition) is 2. The van der Waals surface area contributed by atoms with Crippen LogP contribution in [-0.4, -0.2) is 13.0 Å².